The van der Waals surface area contributed by atoms with E-state index < -0.39 is 54.4 Å². The first-order chi connectivity index (χ1) is 25.4. The Labute approximate surface area is 326 Å². The maximum atomic E-state index is 14.8. The van der Waals surface area contributed by atoms with E-state index in [0.29, 0.717) is 29.7 Å². The van der Waals surface area contributed by atoms with E-state index in [4.69, 9.17) is 29.2 Å². The van der Waals surface area contributed by atoms with Gasteiger partial charge in [0, 0.05) is 30.0 Å². The van der Waals surface area contributed by atoms with Crippen LogP contribution in [0.2, 0.25) is 0 Å². The number of hydrogen-bond donors (Lipinski definition) is 4. The first-order valence-corrected chi connectivity index (χ1v) is 20.1. The molecule has 2 aliphatic heterocycles. The van der Waals surface area contributed by atoms with E-state index in [-0.39, 0.29) is 54.2 Å². The van der Waals surface area contributed by atoms with E-state index in [0.717, 1.165) is 11.1 Å². The molecule has 3 rings (SSSR count). The number of carbonyl (C=O) groups excluding carboxylic acids is 3. The predicted octanol–water partition coefficient (Wildman–Crippen LogP) is 6.73. The van der Waals surface area contributed by atoms with Crippen LogP contribution in [-0.2, 0) is 30.0 Å². The van der Waals surface area contributed by atoms with Crippen LogP contribution in [0.15, 0.2) is 41.0 Å². The maximum absolute atomic E-state index is 14.8. The van der Waals surface area contributed by atoms with Gasteiger partial charge in [-0.3, -0.25) is 19.4 Å². The summed E-state index contributed by atoms with van der Waals surface area (Å²) in [5.41, 5.74) is 6.24. The molecular formula is C41H61N2O11P. The summed E-state index contributed by atoms with van der Waals surface area (Å²) in [4.78, 5) is 60.7. The average Bonchev–Trinajstić information content (AvgIpc) is 3.04. The number of nitrogens with two attached hydrogens (primary N) is 1. The maximum Gasteiger partial charge on any atom is 0.524 e. The molecule has 1 aromatic carbocycles. The number of phosphoric ester groups is 1. The normalized spacial score (nSPS) is 21.2. The number of esters is 1. The Morgan fingerprint density at radius 2 is 1.73 bits per heavy atom. The second kappa shape index (κ2) is 18.1. The number of allylic oxidation sites excluding steroid dienone is 4. The monoisotopic (exact) mass is 788 g/mol. The van der Waals surface area contributed by atoms with E-state index in [1.807, 2.05) is 46.8 Å². The summed E-state index contributed by atoms with van der Waals surface area (Å²) in [5, 5.41) is 2.88. The van der Waals surface area contributed by atoms with Crippen molar-refractivity contribution in [3.8, 4) is 17.2 Å². The minimum atomic E-state index is -5.21. The zero-order chi connectivity index (χ0) is 41.7. The molecule has 5 atom stereocenters. The van der Waals surface area contributed by atoms with Crippen LogP contribution in [0.4, 0.5) is 0 Å². The van der Waals surface area contributed by atoms with Gasteiger partial charge < -0.3 is 34.5 Å². The first-order valence-electron chi connectivity index (χ1n) is 18.6. The Morgan fingerprint density at radius 1 is 1.09 bits per heavy atom. The fraction of sp³-hybridized carbons (Fsp3) is 0.585. The molecule has 0 saturated heterocycles. The number of ketones is 2. The molecule has 5 N–H and O–H groups in total. The Kier molecular flexibility index (Phi) is 15.1. The third-order valence-electron chi connectivity index (χ3n) is 9.76. The van der Waals surface area contributed by atoms with Crippen LogP contribution < -0.4 is 25.0 Å². The summed E-state index contributed by atoms with van der Waals surface area (Å²) in [7, 11) is -2.28. The summed E-state index contributed by atoms with van der Waals surface area (Å²) in [6, 6.07) is -0.783. The number of methoxy groups -OCH3 is 1. The number of ether oxygens (including phenoxy) is 4. The molecule has 0 aliphatic carbocycles. The molecule has 0 aromatic heterocycles. The third kappa shape index (κ3) is 11.7. The van der Waals surface area contributed by atoms with E-state index in [9.17, 15) is 28.7 Å². The van der Waals surface area contributed by atoms with Crippen molar-refractivity contribution in [3.05, 3.63) is 57.7 Å². The molecule has 5 unspecified atom stereocenters. The second-order valence-corrected chi connectivity index (χ2v) is 17.3. The minimum Gasteiger partial charge on any atom is -0.488 e. The highest BCUT2D eigenvalue weighted by Crippen LogP contribution is 2.55. The minimum absolute atomic E-state index is 0.00513. The van der Waals surface area contributed by atoms with Crippen molar-refractivity contribution in [2.45, 2.75) is 130 Å². The van der Waals surface area contributed by atoms with E-state index in [1.54, 1.807) is 53.8 Å². The molecule has 2 heterocycles. The summed E-state index contributed by atoms with van der Waals surface area (Å²) in [5.74, 6) is -2.29. The van der Waals surface area contributed by atoms with Gasteiger partial charge in [-0.1, -0.05) is 29.4 Å². The molecule has 0 saturated carbocycles. The number of carbonyl (C=O) groups is 3. The number of hydrogen-bond acceptors (Lipinski definition) is 11. The lowest BCUT2D eigenvalue weighted by atomic mass is 9.78. The molecule has 13 nitrogen and oxygen atoms in total. The fourth-order valence-corrected chi connectivity index (χ4v) is 7.41. The van der Waals surface area contributed by atoms with Crippen molar-refractivity contribution in [2.24, 2.45) is 11.7 Å². The number of Topliss-reactive ketones (excluding diaryl/α,β-unsaturated/α-hetero) is 2. The number of likely N-dealkylation sites (N-methyl/N-ethyl adjacent to an activating group) is 1. The van der Waals surface area contributed by atoms with E-state index in [1.165, 1.54) is 7.11 Å². The quantitative estimate of drug-likeness (QED) is 0.0530. The van der Waals surface area contributed by atoms with Gasteiger partial charge in [0.05, 0.1) is 30.7 Å². The van der Waals surface area contributed by atoms with Crippen LogP contribution in [0.1, 0.15) is 116 Å². The molecule has 2 aliphatic rings. The van der Waals surface area contributed by atoms with Gasteiger partial charge in [0.2, 0.25) is 0 Å². The highest BCUT2D eigenvalue weighted by molar-refractivity contribution is 7.46. The molecule has 0 bridgehead atoms. The average molecular weight is 789 g/mol. The van der Waals surface area contributed by atoms with Gasteiger partial charge >= 0.3 is 13.8 Å². The summed E-state index contributed by atoms with van der Waals surface area (Å²) in [6.45, 7) is 18.3. The summed E-state index contributed by atoms with van der Waals surface area (Å²) < 4.78 is 42.8. The molecule has 14 heteroatoms. The van der Waals surface area contributed by atoms with E-state index >= 15 is 0 Å². The van der Waals surface area contributed by atoms with Crippen molar-refractivity contribution < 1.29 is 52.2 Å². The van der Waals surface area contributed by atoms with Gasteiger partial charge in [-0.15, -0.1) is 0 Å². The summed E-state index contributed by atoms with van der Waals surface area (Å²) >= 11 is 0. The van der Waals surface area contributed by atoms with Gasteiger partial charge in [0.25, 0.3) is 0 Å². The lowest BCUT2D eigenvalue weighted by Crippen LogP contribution is -2.53. The van der Waals surface area contributed by atoms with Crippen LogP contribution in [0.5, 0.6) is 17.2 Å². The Hall–Kier alpha value is -3.58. The van der Waals surface area contributed by atoms with Crippen LogP contribution in [0, 0.1) is 5.92 Å². The number of fused-ring (bicyclic) bond motifs is 2. The van der Waals surface area contributed by atoms with E-state index in [2.05, 4.69) is 11.4 Å². The Balaban J connectivity index is 2.25. The molecule has 306 valence electrons. The second-order valence-electron chi connectivity index (χ2n) is 16.1. The van der Waals surface area contributed by atoms with Crippen LogP contribution in [0.3, 0.4) is 0 Å². The number of benzene rings is 1. The first kappa shape index (κ1) is 45.8. The highest BCUT2D eigenvalue weighted by atomic mass is 31.2. The van der Waals surface area contributed by atoms with Crippen molar-refractivity contribution >= 4 is 31.4 Å². The smallest absolute Gasteiger partial charge is 0.488 e. The Bertz CT molecular complexity index is 1800. The lowest BCUT2D eigenvalue weighted by molar-refractivity contribution is -0.169. The number of rotatable bonds is 18. The molecule has 55 heavy (non-hydrogen) atoms. The topological polar surface area (TPSA) is 193 Å². The van der Waals surface area contributed by atoms with Crippen LogP contribution in [0.25, 0.3) is 6.08 Å². The zero-order valence-corrected chi connectivity index (χ0v) is 35.3. The van der Waals surface area contributed by atoms with Gasteiger partial charge in [0.15, 0.2) is 17.3 Å². The van der Waals surface area contributed by atoms with Crippen molar-refractivity contribution in [1.29, 1.82) is 0 Å². The molecule has 0 spiro atoms. The molecule has 0 amide bonds. The lowest BCUT2D eigenvalue weighted by Gasteiger charge is -2.43. The third-order valence-corrected chi connectivity index (χ3v) is 10.2. The van der Waals surface area contributed by atoms with Gasteiger partial charge in [-0.05, 0) is 108 Å². The van der Waals surface area contributed by atoms with Crippen molar-refractivity contribution in [1.82, 2.24) is 5.32 Å². The van der Waals surface area contributed by atoms with Crippen molar-refractivity contribution in [3.63, 3.8) is 0 Å². The zero-order valence-electron chi connectivity index (χ0n) is 34.5. The van der Waals surface area contributed by atoms with Crippen LogP contribution in [-0.4, -0.2) is 77.0 Å². The van der Waals surface area contributed by atoms with Gasteiger partial charge in [-0.25, -0.2) is 9.36 Å². The van der Waals surface area contributed by atoms with Crippen LogP contribution >= 0.6 is 7.82 Å². The summed E-state index contributed by atoms with van der Waals surface area (Å²) in [6.07, 6.45) is 9.96. The van der Waals surface area contributed by atoms with Gasteiger partial charge in [0.1, 0.15) is 34.4 Å². The number of phosphoric acid groups is 1. The standard InChI is InChI=1S/C41H61N2O11P/c1-24(2)14-13-19-40(9)20-18-29-35(52-40)28(16-15-25(3)4)36-33(37(29)53-55(47,48)49)34(45)32(27(6)42)30(51-36)22-39(7,8)54-41(10,31(44)23-43-11)21-17-26(5)38(46)50-12/h14-15,17-18,20,27,30,32,43H,13,16,19,21-23,42H2,1-12H3,(H2,47,48,49)/b26-17-. The molecular weight excluding hydrogens is 727 g/mol. The fourth-order valence-electron chi connectivity index (χ4n) is 6.99. The molecule has 0 radical (unpaired) electrons. The van der Waals surface area contributed by atoms with Crippen molar-refractivity contribution in [2.75, 3.05) is 20.7 Å². The Morgan fingerprint density at radius 3 is 2.27 bits per heavy atom. The SMILES string of the molecule is CNCC(=O)C(C)(C/C=C(/C)C(=O)OC)OC(C)(C)CC1Oc2c(CC=C(C)C)c3c(c(OP(=O)(O)O)c2C(=O)C1C(C)N)C=CC(C)(CCC=C(C)C)O3. The highest BCUT2D eigenvalue weighted by Gasteiger charge is 2.49. The number of nitrogens with one attached hydrogen (secondary N) is 1. The molecule has 0 fully saturated rings. The van der Waals surface area contributed by atoms with Gasteiger partial charge in [-0.2, -0.15) is 0 Å². The predicted molar refractivity (Wildman–Crippen MR) is 212 cm³/mol. The largest absolute Gasteiger partial charge is 0.524 e. The molecule has 1 aromatic rings.